The van der Waals surface area contributed by atoms with Crippen LogP contribution >= 0.6 is 11.8 Å². The van der Waals surface area contributed by atoms with E-state index in [9.17, 15) is 8.42 Å². The third kappa shape index (κ3) is 3.99. The van der Waals surface area contributed by atoms with Crippen LogP contribution in [0.2, 0.25) is 0 Å². The summed E-state index contributed by atoms with van der Waals surface area (Å²) in [4.78, 5) is 9.29. The smallest absolute Gasteiger partial charge is 0.238 e. The number of hydrogen-bond donors (Lipinski definition) is 3. The second-order valence-electron chi connectivity index (χ2n) is 5.14. The van der Waals surface area contributed by atoms with Crippen molar-refractivity contribution in [1.29, 1.82) is 0 Å². The van der Waals surface area contributed by atoms with Crippen molar-refractivity contribution in [2.75, 3.05) is 17.8 Å². The van der Waals surface area contributed by atoms with E-state index in [1.807, 2.05) is 19.1 Å². The minimum absolute atomic E-state index is 0.396. The first-order chi connectivity index (χ1) is 11.0. The summed E-state index contributed by atoms with van der Waals surface area (Å²) < 4.78 is 27.3. The lowest BCUT2D eigenvalue weighted by Gasteiger charge is -2.14. The number of benzene rings is 1. The highest BCUT2D eigenvalue weighted by molar-refractivity contribution is 7.99. The highest BCUT2D eigenvalue weighted by atomic mass is 32.2. The van der Waals surface area contributed by atoms with Crippen LogP contribution in [-0.4, -0.2) is 36.7 Å². The lowest BCUT2D eigenvalue weighted by atomic mass is 10.2. The van der Waals surface area contributed by atoms with Gasteiger partial charge >= 0.3 is 0 Å². The van der Waals surface area contributed by atoms with Gasteiger partial charge in [-0.25, -0.2) is 18.4 Å². The van der Waals surface area contributed by atoms with E-state index in [0.29, 0.717) is 23.9 Å². The fraction of sp³-hybridized carbons (Fsp3) is 0.286. The number of nitrogens with one attached hydrogen (secondary N) is 3. The SMILES string of the molecule is Cc1cc(Sc2ncccn2)ccc1NS(=O)(=O)C1CNNC1. The van der Waals surface area contributed by atoms with Crippen molar-refractivity contribution in [3.63, 3.8) is 0 Å². The van der Waals surface area contributed by atoms with Crippen molar-refractivity contribution in [2.24, 2.45) is 0 Å². The molecular weight excluding hydrogens is 334 g/mol. The van der Waals surface area contributed by atoms with E-state index in [2.05, 4.69) is 25.5 Å². The third-order valence-corrected chi connectivity index (χ3v) is 6.02. The van der Waals surface area contributed by atoms with Gasteiger partial charge in [-0.3, -0.25) is 15.6 Å². The Morgan fingerprint density at radius 1 is 1.22 bits per heavy atom. The minimum atomic E-state index is -3.41. The van der Waals surface area contributed by atoms with Crippen LogP contribution in [0.3, 0.4) is 0 Å². The van der Waals surface area contributed by atoms with Crippen molar-refractivity contribution in [2.45, 2.75) is 22.2 Å². The standard InChI is InChI=1S/C14H17N5O2S2/c1-10-7-11(22-14-15-5-2-6-16-14)3-4-13(10)19-23(20,21)12-8-17-18-9-12/h2-7,12,17-19H,8-9H2,1H3. The number of anilines is 1. The predicted octanol–water partition coefficient (Wildman–Crippen LogP) is 1.15. The largest absolute Gasteiger partial charge is 0.283 e. The third-order valence-electron chi connectivity index (χ3n) is 3.42. The van der Waals surface area contributed by atoms with Gasteiger partial charge < -0.3 is 0 Å². The minimum Gasteiger partial charge on any atom is -0.283 e. The van der Waals surface area contributed by atoms with Gasteiger partial charge in [0.05, 0.1) is 5.69 Å². The summed E-state index contributed by atoms with van der Waals surface area (Å²) in [5, 5.41) is 0.178. The number of aryl methyl sites for hydroxylation is 1. The molecule has 3 rings (SSSR count). The highest BCUT2D eigenvalue weighted by Crippen LogP contribution is 2.28. The van der Waals surface area contributed by atoms with Crippen molar-refractivity contribution >= 4 is 27.5 Å². The zero-order chi connectivity index (χ0) is 16.3. The Balaban J connectivity index is 1.74. The molecule has 0 radical (unpaired) electrons. The van der Waals surface area contributed by atoms with Gasteiger partial charge in [0.15, 0.2) is 5.16 Å². The normalized spacial score (nSPS) is 15.7. The summed E-state index contributed by atoms with van der Waals surface area (Å²) in [7, 11) is -3.41. The van der Waals surface area contributed by atoms with Crippen LogP contribution in [0.1, 0.15) is 5.56 Å². The molecule has 2 aromatic rings. The van der Waals surface area contributed by atoms with Crippen LogP contribution in [0.25, 0.3) is 0 Å². The predicted molar refractivity (Wildman–Crippen MR) is 89.7 cm³/mol. The molecule has 0 bridgehead atoms. The van der Waals surface area contributed by atoms with Crippen molar-refractivity contribution in [3.8, 4) is 0 Å². The van der Waals surface area contributed by atoms with E-state index in [1.165, 1.54) is 11.8 Å². The molecule has 3 N–H and O–H groups in total. The monoisotopic (exact) mass is 351 g/mol. The van der Waals surface area contributed by atoms with Gasteiger partial charge in [0.1, 0.15) is 5.25 Å². The summed E-state index contributed by atoms with van der Waals surface area (Å²) in [6.07, 6.45) is 3.38. The molecule has 0 amide bonds. The molecule has 1 aromatic carbocycles. The Morgan fingerprint density at radius 2 is 1.91 bits per heavy atom. The fourth-order valence-electron chi connectivity index (χ4n) is 2.16. The summed E-state index contributed by atoms with van der Waals surface area (Å²) in [5.74, 6) is 0. The quantitative estimate of drug-likeness (QED) is 0.696. The van der Waals surface area contributed by atoms with Gasteiger partial charge in [0, 0.05) is 30.4 Å². The first-order valence-electron chi connectivity index (χ1n) is 7.07. The molecule has 1 aromatic heterocycles. The maximum atomic E-state index is 12.3. The Hall–Kier alpha value is -1.68. The summed E-state index contributed by atoms with van der Waals surface area (Å²) in [6.45, 7) is 2.67. The van der Waals surface area contributed by atoms with E-state index in [4.69, 9.17) is 0 Å². The second-order valence-corrected chi connectivity index (χ2v) is 8.14. The molecule has 122 valence electrons. The number of nitrogens with zero attached hydrogens (tertiary/aromatic N) is 2. The Bertz CT molecular complexity index is 777. The topological polar surface area (TPSA) is 96.0 Å². The van der Waals surface area contributed by atoms with Crippen molar-refractivity contribution in [1.82, 2.24) is 20.8 Å². The molecule has 0 spiro atoms. The highest BCUT2D eigenvalue weighted by Gasteiger charge is 2.28. The molecule has 1 saturated heterocycles. The van der Waals surface area contributed by atoms with Gasteiger partial charge in [0.2, 0.25) is 10.0 Å². The molecule has 2 heterocycles. The van der Waals surface area contributed by atoms with E-state index in [0.717, 1.165) is 10.5 Å². The van der Waals surface area contributed by atoms with Crippen LogP contribution in [0, 0.1) is 6.92 Å². The molecule has 0 unspecified atom stereocenters. The Labute approximate surface area is 139 Å². The summed E-state index contributed by atoms with van der Waals surface area (Å²) >= 11 is 1.43. The van der Waals surface area contributed by atoms with Crippen molar-refractivity contribution < 1.29 is 8.42 Å². The fourth-order valence-corrected chi connectivity index (χ4v) is 4.28. The Morgan fingerprint density at radius 3 is 2.57 bits per heavy atom. The number of aromatic nitrogens is 2. The average Bonchev–Trinajstić information content (AvgIpc) is 3.06. The van der Waals surface area contributed by atoms with Crippen LogP contribution in [-0.2, 0) is 10.0 Å². The number of hydrazine groups is 1. The van der Waals surface area contributed by atoms with Crippen LogP contribution in [0.15, 0.2) is 46.7 Å². The lowest BCUT2D eigenvalue weighted by Crippen LogP contribution is -2.31. The van der Waals surface area contributed by atoms with E-state index in [-0.39, 0.29) is 0 Å². The van der Waals surface area contributed by atoms with E-state index >= 15 is 0 Å². The molecule has 9 heteroatoms. The zero-order valence-corrected chi connectivity index (χ0v) is 14.1. The molecule has 1 aliphatic rings. The maximum absolute atomic E-state index is 12.3. The molecule has 1 fully saturated rings. The molecule has 0 aliphatic carbocycles. The first kappa shape index (κ1) is 16.2. The second kappa shape index (κ2) is 6.83. The first-order valence-corrected chi connectivity index (χ1v) is 9.44. The molecule has 0 atom stereocenters. The van der Waals surface area contributed by atoms with E-state index < -0.39 is 15.3 Å². The summed E-state index contributed by atoms with van der Waals surface area (Å²) in [5.41, 5.74) is 7.11. The number of sulfonamides is 1. The average molecular weight is 351 g/mol. The maximum Gasteiger partial charge on any atom is 0.238 e. The van der Waals surface area contributed by atoms with Gasteiger partial charge in [-0.1, -0.05) is 0 Å². The van der Waals surface area contributed by atoms with Gasteiger partial charge in [-0.05, 0) is 48.5 Å². The van der Waals surface area contributed by atoms with E-state index in [1.54, 1.807) is 24.5 Å². The van der Waals surface area contributed by atoms with Gasteiger partial charge in [-0.15, -0.1) is 0 Å². The van der Waals surface area contributed by atoms with Gasteiger partial charge in [0.25, 0.3) is 0 Å². The van der Waals surface area contributed by atoms with Gasteiger partial charge in [-0.2, -0.15) is 0 Å². The van der Waals surface area contributed by atoms with Crippen LogP contribution in [0.4, 0.5) is 5.69 Å². The number of rotatable bonds is 5. The Kier molecular flexibility index (Phi) is 4.81. The molecule has 7 nitrogen and oxygen atoms in total. The number of hydrogen-bond acceptors (Lipinski definition) is 7. The molecule has 0 saturated carbocycles. The van der Waals surface area contributed by atoms with Crippen molar-refractivity contribution in [3.05, 3.63) is 42.2 Å². The van der Waals surface area contributed by atoms with Crippen LogP contribution in [0.5, 0.6) is 0 Å². The summed E-state index contributed by atoms with van der Waals surface area (Å²) in [6, 6.07) is 7.31. The van der Waals surface area contributed by atoms with Crippen LogP contribution < -0.4 is 15.6 Å². The molecular formula is C14H17N5O2S2. The molecule has 1 aliphatic heterocycles. The molecule has 23 heavy (non-hydrogen) atoms. The lowest BCUT2D eigenvalue weighted by molar-refractivity contribution is 0.590. The zero-order valence-electron chi connectivity index (χ0n) is 12.5.